The summed E-state index contributed by atoms with van der Waals surface area (Å²) in [7, 11) is 1.58. The summed E-state index contributed by atoms with van der Waals surface area (Å²) in [5, 5.41) is 4.45. The number of morpholine rings is 1. The predicted octanol–water partition coefficient (Wildman–Crippen LogP) is 0.935. The minimum atomic E-state index is -0.218. The molecule has 140 valence electrons. The van der Waals surface area contributed by atoms with Gasteiger partial charge in [-0.2, -0.15) is 5.10 Å². The second-order valence-electron chi connectivity index (χ2n) is 5.74. The molecule has 0 aliphatic carbocycles. The van der Waals surface area contributed by atoms with Gasteiger partial charge >= 0.3 is 0 Å². The van der Waals surface area contributed by atoms with Crippen LogP contribution in [-0.4, -0.2) is 66.1 Å². The number of carbonyl (C=O) groups excluding carboxylic acids is 1. The van der Waals surface area contributed by atoms with E-state index >= 15 is 0 Å². The van der Waals surface area contributed by atoms with E-state index < -0.39 is 0 Å². The van der Waals surface area contributed by atoms with Crippen LogP contribution < -0.4 is 5.73 Å². The van der Waals surface area contributed by atoms with Crippen LogP contribution in [0.4, 0.5) is 0 Å². The molecule has 1 fully saturated rings. The van der Waals surface area contributed by atoms with Crippen molar-refractivity contribution in [1.82, 2.24) is 14.7 Å². The summed E-state index contributed by atoms with van der Waals surface area (Å²) in [4.78, 5) is 14.1. The van der Waals surface area contributed by atoms with E-state index in [1.165, 1.54) is 0 Å². The lowest BCUT2D eigenvalue weighted by Crippen LogP contribution is -2.48. The van der Waals surface area contributed by atoms with Gasteiger partial charge in [0.15, 0.2) is 0 Å². The zero-order valence-corrected chi connectivity index (χ0v) is 16.1. The van der Waals surface area contributed by atoms with Crippen LogP contribution >= 0.6 is 24.8 Å². The van der Waals surface area contributed by atoms with Crippen LogP contribution in [0.2, 0.25) is 0 Å². The molecule has 2 N–H and O–H groups in total. The Morgan fingerprint density at radius 2 is 2.21 bits per heavy atom. The van der Waals surface area contributed by atoms with Crippen molar-refractivity contribution in [3.63, 3.8) is 0 Å². The summed E-state index contributed by atoms with van der Waals surface area (Å²) in [6.07, 6.45) is 0.0685. The van der Waals surface area contributed by atoms with Gasteiger partial charge in [-0.1, -0.05) is 0 Å². The summed E-state index contributed by atoms with van der Waals surface area (Å²) in [6.45, 7) is 6.76. The smallest absolute Gasteiger partial charge is 0.225 e. The number of methoxy groups -OCH3 is 1. The van der Waals surface area contributed by atoms with E-state index in [0.717, 1.165) is 11.4 Å². The number of hydrogen-bond donors (Lipinski definition) is 1. The summed E-state index contributed by atoms with van der Waals surface area (Å²) < 4.78 is 12.9. The van der Waals surface area contributed by atoms with E-state index in [1.807, 2.05) is 29.5 Å². The van der Waals surface area contributed by atoms with Crippen molar-refractivity contribution in [2.75, 3.05) is 33.4 Å². The van der Waals surface area contributed by atoms with Crippen molar-refractivity contribution in [3.8, 4) is 0 Å². The van der Waals surface area contributed by atoms with Gasteiger partial charge in [-0.15, -0.1) is 24.8 Å². The third-order valence-electron chi connectivity index (χ3n) is 3.97. The number of ether oxygens (including phenoxy) is 2. The number of nitrogens with two attached hydrogens (primary N) is 1. The molecule has 0 aromatic carbocycles. The third-order valence-corrected chi connectivity index (χ3v) is 3.97. The monoisotopic (exact) mass is 382 g/mol. The Morgan fingerprint density at radius 1 is 1.50 bits per heavy atom. The first-order valence-corrected chi connectivity index (χ1v) is 7.66. The van der Waals surface area contributed by atoms with Crippen LogP contribution in [-0.2, 0) is 20.8 Å². The SMILES string of the molecule is COC(CN)CC(=O)N1CCOC(Cn2nc(C)cc2C)C1.Cl.Cl. The largest absolute Gasteiger partial charge is 0.380 e. The Morgan fingerprint density at radius 3 is 2.75 bits per heavy atom. The maximum absolute atomic E-state index is 12.3. The van der Waals surface area contributed by atoms with Crippen LogP contribution in [0.3, 0.4) is 0 Å². The van der Waals surface area contributed by atoms with Gasteiger partial charge in [-0.25, -0.2) is 0 Å². The Kier molecular flexibility index (Phi) is 10.5. The van der Waals surface area contributed by atoms with Crippen molar-refractivity contribution in [2.24, 2.45) is 5.73 Å². The molecule has 1 amide bonds. The van der Waals surface area contributed by atoms with Crippen LogP contribution in [0.15, 0.2) is 6.07 Å². The van der Waals surface area contributed by atoms with E-state index in [-0.39, 0.29) is 42.9 Å². The zero-order chi connectivity index (χ0) is 16.1. The van der Waals surface area contributed by atoms with Gasteiger partial charge in [0.05, 0.1) is 37.5 Å². The molecule has 1 aliphatic rings. The molecule has 1 aromatic rings. The molecular weight excluding hydrogens is 355 g/mol. The molecule has 24 heavy (non-hydrogen) atoms. The zero-order valence-electron chi connectivity index (χ0n) is 14.4. The molecular formula is C15H28Cl2N4O3. The fourth-order valence-electron chi connectivity index (χ4n) is 2.70. The average Bonchev–Trinajstić information content (AvgIpc) is 2.82. The van der Waals surface area contributed by atoms with E-state index in [1.54, 1.807) is 7.11 Å². The molecule has 0 radical (unpaired) electrons. The molecule has 1 aromatic heterocycles. The topological polar surface area (TPSA) is 82.6 Å². The summed E-state index contributed by atoms with van der Waals surface area (Å²) in [6, 6.07) is 2.04. The molecule has 0 bridgehead atoms. The fourth-order valence-corrected chi connectivity index (χ4v) is 2.70. The number of amides is 1. The number of nitrogens with zero attached hydrogens (tertiary/aromatic N) is 3. The maximum atomic E-state index is 12.3. The van der Waals surface area contributed by atoms with Crippen LogP contribution in [0.25, 0.3) is 0 Å². The van der Waals surface area contributed by atoms with Gasteiger partial charge in [-0.05, 0) is 19.9 Å². The quantitative estimate of drug-likeness (QED) is 0.791. The Balaban J connectivity index is 0.00000264. The molecule has 2 heterocycles. The summed E-state index contributed by atoms with van der Waals surface area (Å²) in [5.41, 5.74) is 7.67. The van der Waals surface area contributed by atoms with Gasteiger partial charge in [0, 0.05) is 32.4 Å². The lowest BCUT2D eigenvalue weighted by molar-refractivity contribution is -0.141. The Bertz CT molecular complexity index is 509. The first-order valence-electron chi connectivity index (χ1n) is 7.66. The fraction of sp³-hybridized carbons (Fsp3) is 0.733. The number of rotatable bonds is 6. The lowest BCUT2D eigenvalue weighted by Gasteiger charge is -2.33. The van der Waals surface area contributed by atoms with Gasteiger partial charge in [0.1, 0.15) is 0 Å². The van der Waals surface area contributed by atoms with E-state index in [9.17, 15) is 4.79 Å². The highest BCUT2D eigenvalue weighted by Crippen LogP contribution is 2.12. The highest BCUT2D eigenvalue weighted by Gasteiger charge is 2.26. The van der Waals surface area contributed by atoms with E-state index in [0.29, 0.717) is 39.2 Å². The number of aromatic nitrogens is 2. The van der Waals surface area contributed by atoms with Gasteiger partial charge < -0.3 is 20.1 Å². The predicted molar refractivity (Wildman–Crippen MR) is 97.0 cm³/mol. The first-order chi connectivity index (χ1) is 10.5. The molecule has 1 aliphatic heterocycles. The normalized spacial score (nSPS) is 18.5. The second kappa shape index (κ2) is 10.9. The number of hydrogen-bond acceptors (Lipinski definition) is 5. The number of halogens is 2. The van der Waals surface area contributed by atoms with Crippen molar-refractivity contribution >= 4 is 30.7 Å². The molecule has 2 rings (SSSR count). The molecule has 2 atom stereocenters. The highest BCUT2D eigenvalue weighted by molar-refractivity contribution is 5.85. The molecule has 9 heteroatoms. The maximum Gasteiger partial charge on any atom is 0.225 e. The number of carbonyl (C=O) groups is 1. The van der Waals surface area contributed by atoms with E-state index in [2.05, 4.69) is 5.10 Å². The molecule has 0 spiro atoms. The van der Waals surface area contributed by atoms with Crippen LogP contribution in [0.5, 0.6) is 0 Å². The van der Waals surface area contributed by atoms with Crippen molar-refractivity contribution in [3.05, 3.63) is 17.5 Å². The standard InChI is InChI=1S/C15H26N4O3.2ClH/c1-11-6-12(2)19(17-11)10-14-9-18(4-5-22-14)15(20)7-13(8-16)21-3;;/h6,13-14H,4-5,7-10,16H2,1-3H3;2*1H. The minimum absolute atomic E-state index is 0. The number of aryl methyl sites for hydroxylation is 2. The first kappa shape index (κ1) is 23.1. The summed E-state index contributed by atoms with van der Waals surface area (Å²) >= 11 is 0. The molecule has 2 unspecified atom stereocenters. The average molecular weight is 383 g/mol. The van der Waals surface area contributed by atoms with Gasteiger partial charge in [0.2, 0.25) is 5.91 Å². The van der Waals surface area contributed by atoms with Gasteiger partial charge in [-0.3, -0.25) is 9.48 Å². The van der Waals surface area contributed by atoms with Gasteiger partial charge in [0.25, 0.3) is 0 Å². The highest BCUT2D eigenvalue weighted by atomic mass is 35.5. The second-order valence-corrected chi connectivity index (χ2v) is 5.74. The molecule has 7 nitrogen and oxygen atoms in total. The molecule has 0 saturated carbocycles. The van der Waals surface area contributed by atoms with Crippen LogP contribution in [0.1, 0.15) is 17.8 Å². The Hall–Kier alpha value is -0.860. The van der Waals surface area contributed by atoms with Crippen molar-refractivity contribution in [1.29, 1.82) is 0 Å². The van der Waals surface area contributed by atoms with Crippen LogP contribution in [0, 0.1) is 13.8 Å². The van der Waals surface area contributed by atoms with Crippen molar-refractivity contribution in [2.45, 2.75) is 39.0 Å². The molecule has 1 saturated heterocycles. The van der Waals surface area contributed by atoms with Crippen molar-refractivity contribution < 1.29 is 14.3 Å². The Labute approximate surface area is 155 Å². The van der Waals surface area contributed by atoms with E-state index in [4.69, 9.17) is 15.2 Å². The minimum Gasteiger partial charge on any atom is -0.380 e. The lowest BCUT2D eigenvalue weighted by atomic mass is 10.2. The third kappa shape index (κ3) is 6.22. The summed E-state index contributed by atoms with van der Waals surface area (Å²) in [5.74, 6) is 0.0685.